The molecule has 1 aromatic heterocycles. The number of piperazine rings is 1. The summed E-state index contributed by atoms with van der Waals surface area (Å²) in [5.41, 5.74) is 4.02. The molecule has 0 atom stereocenters. The van der Waals surface area contributed by atoms with Gasteiger partial charge in [-0.05, 0) is 55.3 Å². The van der Waals surface area contributed by atoms with Crippen LogP contribution in [-0.2, 0) is 11.3 Å². The molecule has 162 valence electrons. The molecule has 1 aliphatic heterocycles. The van der Waals surface area contributed by atoms with Crippen LogP contribution in [-0.4, -0.2) is 58.6 Å². The Morgan fingerprint density at radius 2 is 1.74 bits per heavy atom. The number of amides is 1. The van der Waals surface area contributed by atoms with Gasteiger partial charge in [0.05, 0.1) is 13.1 Å². The van der Waals surface area contributed by atoms with Gasteiger partial charge < -0.3 is 9.73 Å². The normalized spacial score (nSPS) is 15.2. The van der Waals surface area contributed by atoms with E-state index in [1.807, 2.05) is 44.2 Å². The van der Waals surface area contributed by atoms with Gasteiger partial charge in [0.25, 0.3) is 0 Å². The summed E-state index contributed by atoms with van der Waals surface area (Å²) in [7, 11) is 0. The fourth-order valence-electron chi connectivity index (χ4n) is 3.60. The second-order valence-corrected chi connectivity index (χ2v) is 8.29. The number of halogens is 1. The van der Waals surface area contributed by atoms with E-state index in [1.54, 1.807) is 12.1 Å². The minimum absolute atomic E-state index is 0.0201. The number of nitrogens with one attached hydrogen (secondary N) is 1. The maximum Gasteiger partial charge on any atom is 0.247 e. The summed E-state index contributed by atoms with van der Waals surface area (Å²) in [6.07, 6.45) is 0. The lowest BCUT2D eigenvalue weighted by Crippen LogP contribution is -2.48. The average Bonchev–Trinajstić information content (AvgIpc) is 3.22. The first-order chi connectivity index (χ1) is 15.0. The third-order valence-corrected chi connectivity index (χ3v) is 5.88. The Bertz CT molecular complexity index is 1040. The van der Waals surface area contributed by atoms with E-state index in [4.69, 9.17) is 16.0 Å². The smallest absolute Gasteiger partial charge is 0.247 e. The van der Waals surface area contributed by atoms with E-state index < -0.39 is 0 Å². The highest BCUT2D eigenvalue weighted by Crippen LogP contribution is 2.21. The lowest BCUT2D eigenvalue weighted by Gasteiger charge is -2.33. The lowest BCUT2D eigenvalue weighted by atomic mass is 10.1. The van der Waals surface area contributed by atoms with E-state index in [9.17, 15) is 4.79 Å². The fourth-order valence-corrected chi connectivity index (χ4v) is 3.73. The molecule has 1 fully saturated rings. The van der Waals surface area contributed by atoms with Crippen LogP contribution < -0.4 is 5.32 Å². The van der Waals surface area contributed by atoms with Crippen LogP contribution in [0.5, 0.6) is 0 Å². The van der Waals surface area contributed by atoms with Gasteiger partial charge in [0.1, 0.15) is 0 Å². The number of carbonyl (C=O) groups excluding carboxylic acids is 1. The van der Waals surface area contributed by atoms with E-state index in [0.717, 1.165) is 43.0 Å². The first-order valence-corrected chi connectivity index (χ1v) is 10.7. The van der Waals surface area contributed by atoms with E-state index in [0.29, 0.717) is 29.9 Å². The van der Waals surface area contributed by atoms with Crippen molar-refractivity contribution in [2.45, 2.75) is 20.4 Å². The molecule has 7 nitrogen and oxygen atoms in total. The van der Waals surface area contributed by atoms with Crippen molar-refractivity contribution < 1.29 is 9.21 Å². The van der Waals surface area contributed by atoms with Crippen molar-refractivity contribution in [2.24, 2.45) is 0 Å². The SMILES string of the molecule is Cc1cccc(NC(=O)CN2CCN(Cc3nnc(-c4ccc(Cl)cc4)o3)CC2)c1C. The Labute approximate surface area is 187 Å². The maximum atomic E-state index is 12.5. The molecule has 1 amide bonds. The monoisotopic (exact) mass is 439 g/mol. The Morgan fingerprint density at radius 3 is 2.48 bits per heavy atom. The molecule has 8 heteroatoms. The van der Waals surface area contributed by atoms with Crippen molar-refractivity contribution >= 4 is 23.2 Å². The molecule has 1 N–H and O–H groups in total. The summed E-state index contributed by atoms with van der Waals surface area (Å²) in [4.78, 5) is 16.9. The highest BCUT2D eigenvalue weighted by atomic mass is 35.5. The molecular weight excluding hydrogens is 414 g/mol. The number of nitrogens with zero attached hydrogens (tertiary/aromatic N) is 4. The van der Waals surface area contributed by atoms with Crippen LogP contribution in [0.3, 0.4) is 0 Å². The molecule has 2 heterocycles. The molecule has 31 heavy (non-hydrogen) atoms. The van der Waals surface area contributed by atoms with E-state index in [1.165, 1.54) is 5.56 Å². The molecule has 4 rings (SSSR count). The third kappa shape index (κ3) is 5.50. The van der Waals surface area contributed by atoms with Crippen LogP contribution in [0.2, 0.25) is 5.02 Å². The van der Waals surface area contributed by atoms with E-state index >= 15 is 0 Å². The van der Waals surface area contributed by atoms with Crippen LogP contribution >= 0.6 is 11.6 Å². The zero-order valence-electron chi connectivity index (χ0n) is 17.8. The minimum atomic E-state index is 0.0201. The summed E-state index contributed by atoms with van der Waals surface area (Å²) in [6.45, 7) is 8.39. The van der Waals surface area contributed by atoms with Gasteiger partial charge in [-0.15, -0.1) is 10.2 Å². The predicted octanol–water partition coefficient (Wildman–Crippen LogP) is 3.76. The standard InChI is InChI=1S/C23H26ClN5O2/c1-16-4-3-5-20(17(16)2)25-21(30)14-28-10-12-29(13-11-28)15-22-26-27-23(31-22)18-6-8-19(24)9-7-18/h3-9H,10-15H2,1-2H3,(H,25,30). The Hall–Kier alpha value is -2.74. The number of anilines is 1. The van der Waals surface area contributed by atoms with E-state index in [-0.39, 0.29) is 5.91 Å². The van der Waals surface area contributed by atoms with Crippen LogP contribution in [0, 0.1) is 13.8 Å². The van der Waals surface area contributed by atoms with E-state index in [2.05, 4.69) is 25.3 Å². The maximum absolute atomic E-state index is 12.5. The van der Waals surface area contributed by atoms with Crippen molar-refractivity contribution in [3.05, 3.63) is 64.5 Å². The molecule has 3 aromatic rings. The molecular formula is C23H26ClN5O2. The van der Waals surface area contributed by atoms with Gasteiger partial charge in [0.2, 0.25) is 17.7 Å². The summed E-state index contributed by atoms with van der Waals surface area (Å²) < 4.78 is 5.81. The molecule has 0 spiro atoms. The highest BCUT2D eigenvalue weighted by molar-refractivity contribution is 6.30. The third-order valence-electron chi connectivity index (χ3n) is 5.63. The molecule has 0 aliphatic carbocycles. The number of hydrogen-bond donors (Lipinski definition) is 1. The number of rotatable bonds is 6. The number of benzene rings is 2. The zero-order chi connectivity index (χ0) is 21.8. The number of hydrogen-bond acceptors (Lipinski definition) is 6. The number of aryl methyl sites for hydroxylation is 1. The van der Waals surface area contributed by atoms with Crippen LogP contribution in [0.15, 0.2) is 46.9 Å². The van der Waals surface area contributed by atoms with Gasteiger partial charge in [0, 0.05) is 42.5 Å². The summed E-state index contributed by atoms with van der Waals surface area (Å²) >= 11 is 5.93. The fraction of sp³-hybridized carbons (Fsp3) is 0.348. The molecule has 1 aliphatic rings. The summed E-state index contributed by atoms with van der Waals surface area (Å²) in [5.74, 6) is 1.10. The quantitative estimate of drug-likeness (QED) is 0.630. The Balaban J connectivity index is 1.25. The van der Waals surface area contributed by atoms with Crippen molar-refractivity contribution in [2.75, 3.05) is 38.0 Å². The summed E-state index contributed by atoms with van der Waals surface area (Å²) in [5, 5.41) is 12.0. The van der Waals surface area contributed by atoms with Crippen molar-refractivity contribution in [3.63, 3.8) is 0 Å². The highest BCUT2D eigenvalue weighted by Gasteiger charge is 2.21. The van der Waals surface area contributed by atoms with Crippen LogP contribution in [0.4, 0.5) is 5.69 Å². The van der Waals surface area contributed by atoms with Gasteiger partial charge in [-0.1, -0.05) is 23.7 Å². The van der Waals surface area contributed by atoms with Crippen LogP contribution in [0.1, 0.15) is 17.0 Å². The van der Waals surface area contributed by atoms with Gasteiger partial charge in [-0.3, -0.25) is 14.6 Å². The molecule has 0 radical (unpaired) electrons. The number of carbonyl (C=O) groups is 1. The van der Waals surface area contributed by atoms with Crippen LogP contribution in [0.25, 0.3) is 11.5 Å². The molecule has 0 saturated carbocycles. The van der Waals surface area contributed by atoms with Gasteiger partial charge >= 0.3 is 0 Å². The topological polar surface area (TPSA) is 74.5 Å². The van der Waals surface area contributed by atoms with Gasteiger partial charge in [-0.2, -0.15) is 0 Å². The Morgan fingerprint density at radius 1 is 1.03 bits per heavy atom. The average molecular weight is 440 g/mol. The molecule has 0 unspecified atom stereocenters. The minimum Gasteiger partial charge on any atom is -0.419 e. The van der Waals surface area contributed by atoms with Gasteiger partial charge in [-0.25, -0.2) is 0 Å². The first-order valence-electron chi connectivity index (χ1n) is 10.4. The largest absolute Gasteiger partial charge is 0.419 e. The molecule has 0 bridgehead atoms. The predicted molar refractivity (Wildman–Crippen MR) is 121 cm³/mol. The summed E-state index contributed by atoms with van der Waals surface area (Å²) in [6, 6.07) is 13.3. The zero-order valence-corrected chi connectivity index (χ0v) is 18.5. The molecule has 1 saturated heterocycles. The molecule has 2 aromatic carbocycles. The number of aromatic nitrogens is 2. The van der Waals surface area contributed by atoms with Crippen molar-refractivity contribution in [1.29, 1.82) is 0 Å². The second kappa shape index (κ2) is 9.60. The second-order valence-electron chi connectivity index (χ2n) is 7.86. The van der Waals surface area contributed by atoms with Crippen molar-refractivity contribution in [1.82, 2.24) is 20.0 Å². The first kappa shape index (κ1) is 21.5. The lowest BCUT2D eigenvalue weighted by molar-refractivity contribution is -0.117. The van der Waals surface area contributed by atoms with Gasteiger partial charge in [0.15, 0.2) is 0 Å². The Kier molecular flexibility index (Phi) is 6.65. The van der Waals surface area contributed by atoms with Crippen molar-refractivity contribution in [3.8, 4) is 11.5 Å².